The second-order valence-electron chi connectivity index (χ2n) is 9.29. The summed E-state index contributed by atoms with van der Waals surface area (Å²) in [5, 5.41) is 3.62. The van der Waals surface area contributed by atoms with Crippen LogP contribution in [0.2, 0.25) is 5.02 Å². The van der Waals surface area contributed by atoms with E-state index in [0.717, 1.165) is 42.6 Å². The van der Waals surface area contributed by atoms with Crippen molar-refractivity contribution in [3.8, 4) is 5.75 Å². The summed E-state index contributed by atoms with van der Waals surface area (Å²) in [6.07, 6.45) is 5.25. The highest BCUT2D eigenvalue weighted by atomic mass is 35.5. The lowest BCUT2D eigenvalue weighted by Gasteiger charge is -2.46. The number of fused-ring (bicyclic) bond motifs is 1. The molecule has 1 aliphatic carbocycles. The van der Waals surface area contributed by atoms with Gasteiger partial charge in [0.15, 0.2) is 0 Å². The zero-order valence-corrected chi connectivity index (χ0v) is 20.5. The van der Waals surface area contributed by atoms with Gasteiger partial charge in [-0.3, -0.25) is 9.59 Å². The van der Waals surface area contributed by atoms with Crippen LogP contribution in [0, 0.1) is 0 Å². The molecule has 6 heteroatoms. The van der Waals surface area contributed by atoms with Crippen molar-refractivity contribution in [2.45, 2.75) is 50.1 Å². The van der Waals surface area contributed by atoms with Gasteiger partial charge in [-0.05, 0) is 60.4 Å². The molecule has 1 aliphatic heterocycles. The van der Waals surface area contributed by atoms with Gasteiger partial charge >= 0.3 is 0 Å². The first-order valence-corrected chi connectivity index (χ1v) is 12.6. The molecular weight excluding hydrogens is 460 g/mol. The molecule has 1 saturated carbocycles. The Morgan fingerprint density at radius 2 is 1.71 bits per heavy atom. The number of nitrogens with zero attached hydrogens (tertiary/aromatic N) is 1. The highest BCUT2D eigenvalue weighted by Crippen LogP contribution is 2.46. The SMILES string of the molecule is COc1ccc([C@H]2[C@H](C(=O)Nc3cccc(Cl)c3)c3ccccc3C(=O)N2C2CCCCC2)cc1. The average molecular weight is 489 g/mol. The number of carbonyl (C=O) groups is 2. The normalized spacial score (nSPS) is 20.3. The van der Waals surface area contributed by atoms with Crippen molar-refractivity contribution in [1.82, 2.24) is 4.90 Å². The number of amides is 2. The Morgan fingerprint density at radius 1 is 0.971 bits per heavy atom. The number of hydrogen-bond donors (Lipinski definition) is 1. The largest absolute Gasteiger partial charge is 0.497 e. The van der Waals surface area contributed by atoms with Gasteiger partial charge in [-0.25, -0.2) is 0 Å². The molecule has 3 aromatic carbocycles. The van der Waals surface area contributed by atoms with E-state index in [1.165, 1.54) is 6.42 Å². The minimum Gasteiger partial charge on any atom is -0.497 e. The Balaban J connectivity index is 1.63. The molecule has 5 rings (SSSR count). The average Bonchev–Trinajstić information content (AvgIpc) is 2.89. The van der Waals surface area contributed by atoms with Crippen LogP contribution in [-0.4, -0.2) is 29.9 Å². The predicted molar refractivity (Wildman–Crippen MR) is 138 cm³/mol. The summed E-state index contributed by atoms with van der Waals surface area (Å²) in [5.41, 5.74) is 2.92. The van der Waals surface area contributed by atoms with E-state index in [1.807, 2.05) is 65.6 Å². The van der Waals surface area contributed by atoms with Gasteiger partial charge in [-0.15, -0.1) is 0 Å². The summed E-state index contributed by atoms with van der Waals surface area (Å²) in [5.74, 6) is 0.00704. The third-order valence-electron chi connectivity index (χ3n) is 7.18. The summed E-state index contributed by atoms with van der Waals surface area (Å²) in [6, 6.07) is 22.1. The highest BCUT2D eigenvalue weighted by molar-refractivity contribution is 6.30. The lowest BCUT2D eigenvalue weighted by molar-refractivity contribution is -0.119. The van der Waals surface area contributed by atoms with Crippen LogP contribution in [0.25, 0.3) is 0 Å². The van der Waals surface area contributed by atoms with E-state index < -0.39 is 12.0 Å². The fraction of sp³-hybridized carbons (Fsp3) is 0.310. The van der Waals surface area contributed by atoms with Crippen LogP contribution in [-0.2, 0) is 4.79 Å². The summed E-state index contributed by atoms with van der Waals surface area (Å²) in [7, 11) is 1.63. The molecule has 2 aliphatic rings. The van der Waals surface area contributed by atoms with E-state index in [-0.39, 0.29) is 17.9 Å². The summed E-state index contributed by atoms with van der Waals surface area (Å²) in [4.78, 5) is 29.9. The van der Waals surface area contributed by atoms with Gasteiger partial charge in [0.25, 0.3) is 5.91 Å². The van der Waals surface area contributed by atoms with Crippen molar-refractivity contribution < 1.29 is 14.3 Å². The maximum absolute atomic E-state index is 14.0. The second-order valence-corrected chi connectivity index (χ2v) is 9.72. The molecule has 0 bridgehead atoms. The lowest BCUT2D eigenvalue weighted by atomic mass is 9.77. The molecule has 2 atom stereocenters. The van der Waals surface area contributed by atoms with Crippen molar-refractivity contribution in [2.75, 3.05) is 12.4 Å². The van der Waals surface area contributed by atoms with Crippen molar-refractivity contribution in [3.05, 3.63) is 94.5 Å². The molecule has 35 heavy (non-hydrogen) atoms. The van der Waals surface area contributed by atoms with Gasteiger partial charge in [0.05, 0.1) is 19.1 Å². The maximum atomic E-state index is 14.0. The number of rotatable bonds is 5. The molecule has 0 spiro atoms. The number of anilines is 1. The predicted octanol–water partition coefficient (Wildman–Crippen LogP) is 6.60. The number of nitrogens with one attached hydrogen (secondary N) is 1. The third kappa shape index (κ3) is 4.65. The molecule has 0 aromatic heterocycles. The van der Waals surface area contributed by atoms with Gasteiger partial charge in [0.2, 0.25) is 5.91 Å². The van der Waals surface area contributed by atoms with Crippen LogP contribution >= 0.6 is 11.6 Å². The van der Waals surface area contributed by atoms with E-state index in [1.54, 1.807) is 19.2 Å². The summed E-state index contributed by atoms with van der Waals surface area (Å²) < 4.78 is 5.37. The second kappa shape index (κ2) is 10.1. The van der Waals surface area contributed by atoms with Gasteiger partial charge in [0, 0.05) is 22.3 Å². The van der Waals surface area contributed by atoms with Crippen molar-refractivity contribution >= 4 is 29.1 Å². The Bertz CT molecular complexity index is 1220. The molecule has 3 aromatic rings. The number of halogens is 1. The fourth-order valence-corrected chi connectivity index (χ4v) is 5.73. The summed E-state index contributed by atoms with van der Waals surface area (Å²) in [6.45, 7) is 0. The van der Waals surface area contributed by atoms with Crippen molar-refractivity contribution in [2.24, 2.45) is 0 Å². The van der Waals surface area contributed by atoms with Crippen LogP contribution in [0.1, 0.15) is 65.5 Å². The van der Waals surface area contributed by atoms with Gasteiger partial charge < -0.3 is 15.0 Å². The Labute approximate surface area is 211 Å². The van der Waals surface area contributed by atoms with Crippen LogP contribution < -0.4 is 10.1 Å². The molecule has 2 amide bonds. The zero-order chi connectivity index (χ0) is 24.4. The number of carbonyl (C=O) groups excluding carboxylic acids is 2. The van der Waals surface area contributed by atoms with E-state index in [4.69, 9.17) is 16.3 Å². The first-order chi connectivity index (χ1) is 17.1. The molecule has 1 fully saturated rings. The number of benzene rings is 3. The van der Waals surface area contributed by atoms with Gasteiger partial charge in [0.1, 0.15) is 5.75 Å². The van der Waals surface area contributed by atoms with E-state index >= 15 is 0 Å². The molecule has 0 unspecified atom stereocenters. The van der Waals surface area contributed by atoms with Crippen LogP contribution in [0.5, 0.6) is 5.75 Å². The van der Waals surface area contributed by atoms with Gasteiger partial charge in [-0.2, -0.15) is 0 Å². The molecule has 0 saturated heterocycles. The third-order valence-corrected chi connectivity index (χ3v) is 7.41. The summed E-state index contributed by atoms with van der Waals surface area (Å²) >= 11 is 6.18. The minimum absolute atomic E-state index is 0.000114. The van der Waals surface area contributed by atoms with E-state index in [9.17, 15) is 9.59 Å². The quantitative estimate of drug-likeness (QED) is 0.440. The van der Waals surface area contributed by atoms with E-state index in [0.29, 0.717) is 16.3 Å². The Morgan fingerprint density at radius 3 is 2.43 bits per heavy atom. The molecule has 180 valence electrons. The molecular formula is C29H29ClN2O3. The van der Waals surface area contributed by atoms with Crippen molar-refractivity contribution in [3.63, 3.8) is 0 Å². The van der Waals surface area contributed by atoms with Crippen molar-refractivity contribution in [1.29, 1.82) is 0 Å². The van der Waals surface area contributed by atoms with Gasteiger partial charge in [-0.1, -0.05) is 67.3 Å². The zero-order valence-electron chi connectivity index (χ0n) is 19.7. The number of ether oxygens (including phenoxy) is 1. The van der Waals surface area contributed by atoms with Crippen LogP contribution in [0.4, 0.5) is 5.69 Å². The smallest absolute Gasteiger partial charge is 0.254 e. The minimum atomic E-state index is -0.571. The molecule has 1 N–H and O–H groups in total. The first kappa shape index (κ1) is 23.4. The monoisotopic (exact) mass is 488 g/mol. The number of methoxy groups -OCH3 is 1. The van der Waals surface area contributed by atoms with E-state index in [2.05, 4.69) is 5.32 Å². The lowest BCUT2D eigenvalue weighted by Crippen LogP contribution is -2.51. The van der Waals surface area contributed by atoms with Crippen LogP contribution in [0.3, 0.4) is 0 Å². The number of hydrogen-bond acceptors (Lipinski definition) is 3. The first-order valence-electron chi connectivity index (χ1n) is 12.2. The molecule has 5 nitrogen and oxygen atoms in total. The maximum Gasteiger partial charge on any atom is 0.254 e. The van der Waals surface area contributed by atoms with Crippen LogP contribution in [0.15, 0.2) is 72.8 Å². The topological polar surface area (TPSA) is 58.6 Å². The standard InChI is InChI=1S/C29H29ClN2O3/c1-35-23-16-14-19(15-17-23)27-26(28(33)31-21-9-7-8-20(30)18-21)24-12-5-6-13-25(24)29(34)32(27)22-10-3-2-4-11-22/h5-9,12-18,22,26-27H,2-4,10-11H2,1H3,(H,31,33)/t26-,27+/m1/s1. The molecule has 1 heterocycles. The fourth-order valence-electron chi connectivity index (χ4n) is 5.54. The Kier molecular flexibility index (Phi) is 6.78. The Hall–Kier alpha value is -3.31. The molecule has 0 radical (unpaired) electrons. The highest BCUT2D eigenvalue weighted by Gasteiger charge is 2.46.